The van der Waals surface area contributed by atoms with Gasteiger partial charge in [0.05, 0.1) is 19.7 Å². The molecule has 21 heavy (non-hydrogen) atoms. The second-order valence-electron chi connectivity index (χ2n) is 6.50. The maximum Gasteiger partial charge on any atom is 0.410 e. The summed E-state index contributed by atoms with van der Waals surface area (Å²) in [5.74, 6) is 0. The molecule has 5 nitrogen and oxygen atoms in total. The van der Waals surface area contributed by atoms with Crippen LogP contribution >= 0.6 is 0 Å². The Morgan fingerprint density at radius 3 is 2.43 bits per heavy atom. The predicted octanol–water partition coefficient (Wildman–Crippen LogP) is 2.15. The van der Waals surface area contributed by atoms with E-state index in [1.54, 1.807) is 4.90 Å². The SMILES string of the molecule is CC(C)(C)OC(=O)N1CC(CN)(OCc2ccccc2)C1. The molecule has 1 aliphatic rings. The van der Waals surface area contributed by atoms with Gasteiger partial charge in [0.2, 0.25) is 0 Å². The van der Waals surface area contributed by atoms with E-state index in [4.69, 9.17) is 15.2 Å². The maximum absolute atomic E-state index is 11.9. The largest absolute Gasteiger partial charge is 0.444 e. The van der Waals surface area contributed by atoms with Crippen LogP contribution < -0.4 is 5.73 Å². The Balaban J connectivity index is 1.84. The molecule has 1 heterocycles. The first-order valence-electron chi connectivity index (χ1n) is 7.19. The normalized spacial score (nSPS) is 17.2. The van der Waals surface area contributed by atoms with Crippen LogP contribution in [0.5, 0.6) is 0 Å². The van der Waals surface area contributed by atoms with Gasteiger partial charge in [0.1, 0.15) is 11.2 Å². The van der Waals surface area contributed by atoms with Crippen LogP contribution in [0.2, 0.25) is 0 Å². The zero-order chi connectivity index (χ0) is 15.5. The molecular formula is C16H24N2O3. The van der Waals surface area contributed by atoms with E-state index in [1.807, 2.05) is 51.1 Å². The molecule has 0 atom stereocenters. The molecule has 0 radical (unpaired) electrons. The van der Waals surface area contributed by atoms with E-state index in [-0.39, 0.29) is 6.09 Å². The number of hydrogen-bond acceptors (Lipinski definition) is 4. The Morgan fingerprint density at radius 2 is 1.90 bits per heavy atom. The van der Waals surface area contributed by atoms with E-state index in [1.165, 1.54) is 0 Å². The summed E-state index contributed by atoms with van der Waals surface area (Å²) < 4.78 is 11.3. The van der Waals surface area contributed by atoms with Crippen molar-refractivity contribution in [2.75, 3.05) is 19.6 Å². The summed E-state index contributed by atoms with van der Waals surface area (Å²) in [6, 6.07) is 9.93. The zero-order valence-electron chi connectivity index (χ0n) is 13.0. The Bertz CT molecular complexity index is 476. The number of hydrogen-bond donors (Lipinski definition) is 1. The summed E-state index contributed by atoms with van der Waals surface area (Å²) in [7, 11) is 0. The van der Waals surface area contributed by atoms with Crippen LogP contribution in [0.1, 0.15) is 26.3 Å². The van der Waals surface area contributed by atoms with Crippen molar-refractivity contribution in [2.45, 2.75) is 38.6 Å². The van der Waals surface area contributed by atoms with E-state index in [0.717, 1.165) is 5.56 Å². The van der Waals surface area contributed by atoms with Crippen LogP contribution in [0.15, 0.2) is 30.3 Å². The Hall–Kier alpha value is -1.59. The molecule has 1 fully saturated rings. The predicted molar refractivity (Wildman–Crippen MR) is 80.8 cm³/mol. The van der Waals surface area contributed by atoms with Gasteiger partial charge in [-0.2, -0.15) is 0 Å². The highest BCUT2D eigenvalue weighted by Gasteiger charge is 2.46. The summed E-state index contributed by atoms with van der Waals surface area (Å²) in [6.07, 6.45) is -0.310. The third-order valence-electron chi connectivity index (χ3n) is 3.37. The minimum Gasteiger partial charge on any atom is -0.444 e. The number of likely N-dealkylation sites (tertiary alicyclic amines) is 1. The molecule has 1 amide bonds. The van der Waals surface area contributed by atoms with Crippen LogP contribution in [0.25, 0.3) is 0 Å². The summed E-state index contributed by atoms with van der Waals surface area (Å²) >= 11 is 0. The highest BCUT2D eigenvalue weighted by Crippen LogP contribution is 2.27. The van der Waals surface area contributed by atoms with Crippen LogP contribution in [0, 0.1) is 0 Å². The number of carbonyl (C=O) groups excluding carboxylic acids is 1. The molecule has 0 spiro atoms. The lowest BCUT2D eigenvalue weighted by Gasteiger charge is -2.48. The van der Waals surface area contributed by atoms with Crippen molar-refractivity contribution in [3.8, 4) is 0 Å². The molecule has 5 heteroatoms. The number of rotatable bonds is 4. The second-order valence-corrected chi connectivity index (χ2v) is 6.50. The second kappa shape index (κ2) is 6.03. The lowest BCUT2D eigenvalue weighted by molar-refractivity contribution is -0.140. The molecule has 0 aromatic heterocycles. The van der Waals surface area contributed by atoms with Gasteiger partial charge in [-0.1, -0.05) is 30.3 Å². The fraction of sp³-hybridized carbons (Fsp3) is 0.562. The summed E-state index contributed by atoms with van der Waals surface area (Å²) in [5.41, 5.74) is 5.98. The Kier molecular flexibility index (Phi) is 4.54. The molecular weight excluding hydrogens is 268 g/mol. The van der Waals surface area contributed by atoms with Crippen LogP contribution in [-0.2, 0) is 16.1 Å². The van der Waals surface area contributed by atoms with Gasteiger partial charge in [-0.3, -0.25) is 0 Å². The molecule has 1 aromatic rings. The summed E-state index contributed by atoms with van der Waals surface area (Å²) in [5, 5.41) is 0. The highest BCUT2D eigenvalue weighted by molar-refractivity contribution is 5.69. The van der Waals surface area contributed by atoms with Gasteiger partial charge >= 0.3 is 6.09 Å². The van der Waals surface area contributed by atoms with Gasteiger partial charge < -0.3 is 20.1 Å². The quantitative estimate of drug-likeness (QED) is 0.923. The van der Waals surface area contributed by atoms with Gasteiger partial charge in [-0.25, -0.2) is 4.79 Å². The van der Waals surface area contributed by atoms with Gasteiger partial charge in [0.15, 0.2) is 0 Å². The third kappa shape index (κ3) is 4.19. The van der Waals surface area contributed by atoms with E-state index >= 15 is 0 Å². The molecule has 0 aliphatic carbocycles. The van der Waals surface area contributed by atoms with E-state index < -0.39 is 11.2 Å². The minimum absolute atomic E-state index is 0.310. The first-order chi connectivity index (χ1) is 9.84. The average Bonchev–Trinajstić information content (AvgIpc) is 2.37. The van der Waals surface area contributed by atoms with E-state index in [0.29, 0.717) is 26.2 Å². The number of amides is 1. The Labute approximate surface area is 126 Å². The van der Waals surface area contributed by atoms with Gasteiger partial charge in [-0.15, -0.1) is 0 Å². The molecule has 1 aromatic carbocycles. The fourth-order valence-electron chi connectivity index (χ4n) is 2.19. The Morgan fingerprint density at radius 1 is 1.29 bits per heavy atom. The number of benzene rings is 1. The third-order valence-corrected chi connectivity index (χ3v) is 3.37. The molecule has 2 rings (SSSR count). The minimum atomic E-state index is -0.483. The van der Waals surface area contributed by atoms with Crippen molar-refractivity contribution in [1.82, 2.24) is 4.90 Å². The van der Waals surface area contributed by atoms with Crippen molar-refractivity contribution in [3.05, 3.63) is 35.9 Å². The van der Waals surface area contributed by atoms with Crippen LogP contribution in [0.3, 0.4) is 0 Å². The molecule has 116 valence electrons. The maximum atomic E-state index is 11.9. The van der Waals surface area contributed by atoms with Crippen LogP contribution in [-0.4, -0.2) is 41.8 Å². The number of ether oxygens (including phenoxy) is 2. The van der Waals surface area contributed by atoms with Gasteiger partial charge in [0.25, 0.3) is 0 Å². The van der Waals surface area contributed by atoms with Gasteiger partial charge in [-0.05, 0) is 26.3 Å². The zero-order valence-corrected chi connectivity index (χ0v) is 13.0. The fourth-order valence-corrected chi connectivity index (χ4v) is 2.19. The summed E-state index contributed by atoms with van der Waals surface area (Å²) in [4.78, 5) is 13.6. The van der Waals surface area contributed by atoms with Gasteiger partial charge in [0, 0.05) is 6.54 Å². The van der Waals surface area contributed by atoms with Crippen molar-refractivity contribution >= 4 is 6.09 Å². The topological polar surface area (TPSA) is 64.8 Å². The van der Waals surface area contributed by atoms with Crippen LogP contribution in [0.4, 0.5) is 4.79 Å². The summed E-state index contributed by atoms with van der Waals surface area (Å²) in [6.45, 7) is 7.40. The standard InChI is InChI=1S/C16H24N2O3/c1-15(2,3)21-14(19)18-11-16(10-17,12-18)20-9-13-7-5-4-6-8-13/h4-8H,9-12,17H2,1-3H3. The van der Waals surface area contributed by atoms with E-state index in [2.05, 4.69) is 0 Å². The molecule has 0 bridgehead atoms. The number of carbonyl (C=O) groups is 1. The highest BCUT2D eigenvalue weighted by atomic mass is 16.6. The molecule has 0 unspecified atom stereocenters. The average molecular weight is 292 g/mol. The molecule has 0 saturated carbocycles. The van der Waals surface area contributed by atoms with E-state index in [9.17, 15) is 4.79 Å². The van der Waals surface area contributed by atoms with Crippen molar-refractivity contribution in [3.63, 3.8) is 0 Å². The number of nitrogens with two attached hydrogens (primary N) is 1. The monoisotopic (exact) mass is 292 g/mol. The first kappa shape index (κ1) is 15.8. The molecule has 1 saturated heterocycles. The van der Waals surface area contributed by atoms with Crippen molar-refractivity contribution in [2.24, 2.45) is 5.73 Å². The first-order valence-corrected chi connectivity index (χ1v) is 7.19. The smallest absolute Gasteiger partial charge is 0.410 e. The van der Waals surface area contributed by atoms with Crippen molar-refractivity contribution in [1.29, 1.82) is 0 Å². The van der Waals surface area contributed by atoms with Crippen molar-refractivity contribution < 1.29 is 14.3 Å². The molecule has 2 N–H and O–H groups in total. The molecule has 1 aliphatic heterocycles. The number of nitrogens with zero attached hydrogens (tertiary/aromatic N) is 1. The lowest BCUT2D eigenvalue weighted by atomic mass is 9.94. The lowest BCUT2D eigenvalue weighted by Crippen LogP contribution is -2.68.